The summed E-state index contributed by atoms with van der Waals surface area (Å²) in [4.78, 5) is 0. The molecule has 0 rings (SSSR count). The molecular weight excluding hydrogens is 148 g/mol. The minimum Gasteiger partial charge on any atom is -0.325 e. The lowest BCUT2D eigenvalue weighted by molar-refractivity contribution is 0.00149. The molecule has 0 saturated heterocycles. The van der Waals surface area contributed by atoms with E-state index in [-0.39, 0.29) is 18.8 Å². The molecule has 0 spiro atoms. The summed E-state index contributed by atoms with van der Waals surface area (Å²) in [6.07, 6.45) is 0.397. The maximum atomic E-state index is 12.0. The van der Waals surface area contributed by atoms with Gasteiger partial charge in [-0.25, -0.2) is 8.78 Å². The van der Waals surface area contributed by atoms with Gasteiger partial charge in [0.05, 0.1) is 6.54 Å². The van der Waals surface area contributed by atoms with Gasteiger partial charge in [-0.2, -0.15) is 0 Å². The third-order valence-electron chi connectivity index (χ3n) is 0.914. The molecule has 4 heteroatoms. The molecule has 0 radical (unpaired) electrons. The first-order chi connectivity index (χ1) is 3.62. The summed E-state index contributed by atoms with van der Waals surface area (Å²) in [6.45, 7) is 1.18. The molecule has 0 fully saturated rings. The van der Waals surface area contributed by atoms with Gasteiger partial charge in [0.25, 0.3) is 5.92 Å². The van der Waals surface area contributed by atoms with Gasteiger partial charge in [-0.1, -0.05) is 13.3 Å². The normalized spacial score (nSPS) is 10.7. The van der Waals surface area contributed by atoms with E-state index in [1.807, 2.05) is 0 Å². The fraction of sp³-hybridized carbons (Fsp3) is 1.00. The molecule has 1 nitrogen and oxygen atoms in total. The molecule has 0 saturated carbocycles. The Hall–Kier alpha value is 0.110. The van der Waals surface area contributed by atoms with Crippen LogP contribution in [0.4, 0.5) is 8.78 Å². The summed E-state index contributed by atoms with van der Waals surface area (Å²) in [7, 11) is 0. The van der Waals surface area contributed by atoms with Crippen LogP contribution in [0.3, 0.4) is 0 Å². The Morgan fingerprint density at radius 1 is 1.44 bits per heavy atom. The zero-order valence-electron chi connectivity index (χ0n) is 5.36. The van der Waals surface area contributed by atoms with E-state index in [1.54, 1.807) is 6.92 Å². The van der Waals surface area contributed by atoms with E-state index in [2.05, 4.69) is 0 Å². The highest BCUT2D eigenvalue weighted by Crippen LogP contribution is 2.17. The average molecular weight is 160 g/mol. The van der Waals surface area contributed by atoms with Gasteiger partial charge in [0, 0.05) is 6.42 Å². The molecule has 0 aliphatic rings. The molecule has 2 N–H and O–H groups in total. The van der Waals surface area contributed by atoms with Gasteiger partial charge in [0.15, 0.2) is 0 Å². The van der Waals surface area contributed by atoms with Crippen molar-refractivity contribution in [2.24, 2.45) is 5.73 Å². The summed E-state index contributed by atoms with van der Waals surface area (Å²) >= 11 is 0. The fourth-order valence-corrected chi connectivity index (χ4v) is 0.468. The maximum absolute atomic E-state index is 12.0. The van der Waals surface area contributed by atoms with Crippen molar-refractivity contribution in [1.82, 2.24) is 0 Å². The Morgan fingerprint density at radius 3 is 2.00 bits per heavy atom. The highest BCUT2D eigenvalue weighted by molar-refractivity contribution is 5.85. The third kappa shape index (κ3) is 5.99. The zero-order valence-corrected chi connectivity index (χ0v) is 6.18. The topological polar surface area (TPSA) is 26.0 Å². The van der Waals surface area contributed by atoms with E-state index in [4.69, 9.17) is 5.73 Å². The molecule has 0 heterocycles. The van der Waals surface area contributed by atoms with Crippen molar-refractivity contribution >= 4 is 12.4 Å². The third-order valence-corrected chi connectivity index (χ3v) is 0.914. The van der Waals surface area contributed by atoms with Crippen molar-refractivity contribution in [1.29, 1.82) is 0 Å². The van der Waals surface area contributed by atoms with Crippen LogP contribution in [0.15, 0.2) is 0 Å². The molecule has 0 bridgehead atoms. The van der Waals surface area contributed by atoms with E-state index in [0.717, 1.165) is 0 Å². The fourth-order valence-electron chi connectivity index (χ4n) is 0.468. The van der Waals surface area contributed by atoms with Gasteiger partial charge in [0.1, 0.15) is 0 Å². The lowest BCUT2D eigenvalue weighted by Gasteiger charge is -2.10. The van der Waals surface area contributed by atoms with Gasteiger partial charge in [-0.15, -0.1) is 12.4 Å². The van der Waals surface area contributed by atoms with E-state index in [1.165, 1.54) is 0 Å². The Balaban J connectivity index is 0. The molecule has 0 aromatic heterocycles. The minimum atomic E-state index is -2.63. The van der Waals surface area contributed by atoms with Gasteiger partial charge in [-0.05, 0) is 0 Å². The Bertz CT molecular complexity index is 68.0. The van der Waals surface area contributed by atoms with Crippen LogP contribution < -0.4 is 5.73 Å². The summed E-state index contributed by atoms with van der Waals surface area (Å²) in [5.41, 5.74) is 4.74. The van der Waals surface area contributed by atoms with Crippen LogP contribution in [0.25, 0.3) is 0 Å². The first kappa shape index (κ1) is 11.9. The van der Waals surface area contributed by atoms with Crippen LogP contribution in [0.5, 0.6) is 0 Å². The van der Waals surface area contributed by atoms with Crippen molar-refractivity contribution in [3.05, 3.63) is 0 Å². The molecule has 0 aliphatic heterocycles. The Morgan fingerprint density at radius 2 is 1.89 bits per heavy atom. The summed E-state index contributed by atoms with van der Waals surface area (Å²) in [5, 5.41) is 0. The van der Waals surface area contributed by atoms with Crippen LogP contribution in [0, 0.1) is 0 Å². The molecule has 0 amide bonds. The molecule has 0 aliphatic carbocycles. The summed E-state index contributed by atoms with van der Waals surface area (Å²) in [5.74, 6) is -2.63. The van der Waals surface area contributed by atoms with Crippen molar-refractivity contribution in [2.45, 2.75) is 25.7 Å². The largest absolute Gasteiger partial charge is 0.325 e. The minimum absolute atomic E-state index is 0. The Labute approximate surface area is 60.0 Å². The average Bonchev–Trinajstić information content (AvgIpc) is 1.67. The number of alkyl halides is 2. The van der Waals surface area contributed by atoms with Crippen LogP contribution in [-0.4, -0.2) is 12.5 Å². The maximum Gasteiger partial charge on any atom is 0.260 e. The van der Waals surface area contributed by atoms with Gasteiger partial charge in [0.2, 0.25) is 0 Å². The smallest absolute Gasteiger partial charge is 0.260 e. The molecule has 0 atom stereocenters. The zero-order chi connectivity index (χ0) is 6.62. The van der Waals surface area contributed by atoms with E-state index < -0.39 is 12.5 Å². The van der Waals surface area contributed by atoms with Crippen LogP contribution >= 0.6 is 12.4 Å². The molecule has 0 aromatic rings. The number of halogens is 3. The number of rotatable bonds is 3. The first-order valence-corrected chi connectivity index (χ1v) is 2.70. The van der Waals surface area contributed by atoms with Gasteiger partial charge < -0.3 is 5.73 Å². The predicted octanol–water partition coefficient (Wildman–Crippen LogP) is 1.80. The molecule has 9 heavy (non-hydrogen) atoms. The van der Waals surface area contributed by atoms with Gasteiger partial charge in [-0.3, -0.25) is 0 Å². The summed E-state index contributed by atoms with van der Waals surface area (Å²) in [6, 6.07) is 0. The van der Waals surface area contributed by atoms with Gasteiger partial charge >= 0.3 is 0 Å². The second kappa shape index (κ2) is 4.94. The van der Waals surface area contributed by atoms with Crippen LogP contribution in [0.2, 0.25) is 0 Å². The monoisotopic (exact) mass is 159 g/mol. The SMILES string of the molecule is CCCC(F)(F)CN.Cl. The predicted molar refractivity (Wildman–Crippen MR) is 36.2 cm³/mol. The van der Waals surface area contributed by atoms with E-state index >= 15 is 0 Å². The number of nitrogens with two attached hydrogens (primary N) is 1. The first-order valence-electron chi connectivity index (χ1n) is 2.70. The highest BCUT2D eigenvalue weighted by atomic mass is 35.5. The number of hydrogen-bond donors (Lipinski definition) is 1. The second-order valence-corrected chi connectivity index (χ2v) is 1.81. The Kier molecular flexibility index (Phi) is 6.51. The lowest BCUT2D eigenvalue weighted by Crippen LogP contribution is -2.27. The molecule has 0 aromatic carbocycles. The highest BCUT2D eigenvalue weighted by Gasteiger charge is 2.24. The van der Waals surface area contributed by atoms with Crippen molar-refractivity contribution in [3.63, 3.8) is 0 Å². The lowest BCUT2D eigenvalue weighted by atomic mass is 10.2. The molecular formula is C5H12ClF2N. The molecule has 0 unspecified atom stereocenters. The van der Waals surface area contributed by atoms with Crippen LogP contribution in [0.1, 0.15) is 19.8 Å². The van der Waals surface area contributed by atoms with E-state index in [9.17, 15) is 8.78 Å². The van der Waals surface area contributed by atoms with Crippen molar-refractivity contribution in [3.8, 4) is 0 Å². The van der Waals surface area contributed by atoms with Crippen LogP contribution in [-0.2, 0) is 0 Å². The summed E-state index contributed by atoms with van der Waals surface area (Å²) < 4.78 is 24.1. The molecule has 58 valence electrons. The number of hydrogen-bond acceptors (Lipinski definition) is 1. The second-order valence-electron chi connectivity index (χ2n) is 1.81. The quantitative estimate of drug-likeness (QED) is 0.668. The van der Waals surface area contributed by atoms with Crippen molar-refractivity contribution < 1.29 is 8.78 Å². The van der Waals surface area contributed by atoms with Crippen molar-refractivity contribution in [2.75, 3.05) is 6.54 Å². The standard InChI is InChI=1S/C5H11F2N.ClH/c1-2-3-5(6,7)4-8;/h2-4,8H2,1H3;1H. The van der Waals surface area contributed by atoms with E-state index in [0.29, 0.717) is 6.42 Å².